The number of pyridine rings is 3. The molecular weight excluding hydrogens is 527 g/mol. The number of anilines is 2. The Labute approximate surface area is 234 Å². The normalized spacial score (nSPS) is 11.9. The summed E-state index contributed by atoms with van der Waals surface area (Å²) in [6, 6.07) is 11.4. The van der Waals surface area contributed by atoms with Crippen LogP contribution in [0.15, 0.2) is 64.4 Å². The monoisotopic (exact) mass is 552 g/mol. The fourth-order valence-corrected chi connectivity index (χ4v) is 3.96. The van der Waals surface area contributed by atoms with E-state index in [1.165, 1.54) is 18.5 Å². The van der Waals surface area contributed by atoms with Gasteiger partial charge in [0.2, 0.25) is 5.95 Å². The predicted octanol–water partition coefficient (Wildman–Crippen LogP) is 4.42. The molecule has 13 heteroatoms. The van der Waals surface area contributed by atoms with E-state index in [-0.39, 0.29) is 29.5 Å². The zero-order valence-electron chi connectivity index (χ0n) is 22.6. The molecule has 0 aliphatic heterocycles. The van der Waals surface area contributed by atoms with Crippen LogP contribution < -0.4 is 10.6 Å². The maximum atomic E-state index is 13.3. The van der Waals surface area contributed by atoms with Crippen molar-refractivity contribution in [2.45, 2.75) is 26.8 Å². The van der Waals surface area contributed by atoms with Crippen LogP contribution in [-0.2, 0) is 0 Å². The average molecular weight is 553 g/mol. The van der Waals surface area contributed by atoms with Crippen molar-refractivity contribution in [2.75, 3.05) is 12.4 Å². The summed E-state index contributed by atoms with van der Waals surface area (Å²) in [7, 11) is 1.60. The van der Waals surface area contributed by atoms with Gasteiger partial charge in [-0.25, -0.2) is 15.0 Å². The maximum absolute atomic E-state index is 13.3. The van der Waals surface area contributed by atoms with E-state index in [9.17, 15) is 9.18 Å². The summed E-state index contributed by atoms with van der Waals surface area (Å²) in [5, 5.41) is 9.75. The number of hydrogen-bond acceptors (Lipinski definition) is 11. The molecule has 206 valence electrons. The fourth-order valence-electron chi connectivity index (χ4n) is 3.96. The number of nitrogens with zero attached hydrogens (tertiary/aromatic N) is 8. The quantitative estimate of drug-likeness (QED) is 0.209. The van der Waals surface area contributed by atoms with Crippen LogP contribution in [0.1, 0.15) is 46.3 Å². The largest absolute Gasteiger partial charge is 0.344 e. The molecule has 1 amide bonds. The third-order valence-electron chi connectivity index (χ3n) is 5.99. The van der Waals surface area contributed by atoms with E-state index < -0.39 is 5.95 Å². The highest BCUT2D eigenvalue weighted by Gasteiger charge is 2.15. The molecule has 0 radical (unpaired) electrons. The van der Waals surface area contributed by atoms with E-state index in [0.717, 1.165) is 11.1 Å². The summed E-state index contributed by atoms with van der Waals surface area (Å²) in [5.74, 6) is 0.496. The first-order valence-corrected chi connectivity index (χ1v) is 12.5. The van der Waals surface area contributed by atoms with Crippen molar-refractivity contribution in [3.63, 3.8) is 0 Å². The van der Waals surface area contributed by atoms with Crippen LogP contribution in [0, 0.1) is 19.8 Å². The second-order valence-electron chi connectivity index (χ2n) is 9.06. The zero-order valence-corrected chi connectivity index (χ0v) is 22.6. The number of aromatic nitrogens is 7. The fraction of sp³-hybridized carbons (Fsp3) is 0.179. The predicted molar refractivity (Wildman–Crippen MR) is 149 cm³/mol. The van der Waals surface area contributed by atoms with Gasteiger partial charge in [0.15, 0.2) is 5.82 Å². The summed E-state index contributed by atoms with van der Waals surface area (Å²) in [6.07, 6.45) is 4.66. The lowest BCUT2D eigenvalue weighted by molar-refractivity contribution is 0.0935. The topological polar surface area (TPSA) is 157 Å². The van der Waals surface area contributed by atoms with Crippen molar-refractivity contribution < 1.29 is 13.7 Å². The summed E-state index contributed by atoms with van der Waals surface area (Å²) in [4.78, 5) is 42.5. The van der Waals surface area contributed by atoms with Crippen molar-refractivity contribution in [3.05, 3.63) is 89.3 Å². The first-order chi connectivity index (χ1) is 19.8. The Hall–Kier alpha value is -5.46. The number of rotatable bonds is 8. The molecule has 0 aliphatic carbocycles. The second kappa shape index (κ2) is 11.7. The molecule has 12 nitrogen and oxygen atoms in total. The Kier molecular flexibility index (Phi) is 7.76. The van der Waals surface area contributed by atoms with Gasteiger partial charge in [-0.2, -0.15) is 9.37 Å². The summed E-state index contributed by atoms with van der Waals surface area (Å²) in [5.41, 5.74) is 4.32. The van der Waals surface area contributed by atoms with Gasteiger partial charge in [-0.3, -0.25) is 19.8 Å². The van der Waals surface area contributed by atoms with Crippen LogP contribution in [0.5, 0.6) is 0 Å². The Morgan fingerprint density at radius 1 is 1.02 bits per heavy atom. The minimum Gasteiger partial charge on any atom is -0.344 e. The standard InChI is InChI=1S/C28H25FN10O2/c1-15-11-24(37-28-38-25(14-30-4)41-39-28)36-26(33-15)19-6-9-22(32-13-19)27(40)35-16(2)18-5-8-21(31-12-18)20-7-10-23(29)34-17(20)3/h5-14,16H,1-4H3,(H,35,40)(H,33,36,37,39)/b30-14-. The molecule has 0 saturated heterocycles. The molecule has 0 bridgehead atoms. The number of hydrogen-bond donors (Lipinski definition) is 2. The minimum absolute atomic E-state index is 0.232. The van der Waals surface area contributed by atoms with Gasteiger partial charge in [-0.05, 0) is 61.8 Å². The van der Waals surface area contributed by atoms with Crippen molar-refractivity contribution >= 4 is 23.9 Å². The highest BCUT2D eigenvalue weighted by molar-refractivity contribution is 5.92. The molecule has 1 atom stereocenters. The van der Waals surface area contributed by atoms with Gasteiger partial charge >= 0.3 is 0 Å². The maximum Gasteiger partial charge on any atom is 0.270 e. The summed E-state index contributed by atoms with van der Waals surface area (Å²) in [6.45, 7) is 5.41. The van der Waals surface area contributed by atoms with E-state index in [0.29, 0.717) is 34.3 Å². The van der Waals surface area contributed by atoms with Crippen LogP contribution in [0.4, 0.5) is 16.2 Å². The highest BCUT2D eigenvalue weighted by Crippen LogP contribution is 2.23. The summed E-state index contributed by atoms with van der Waals surface area (Å²) >= 11 is 0. The molecule has 1 unspecified atom stereocenters. The molecule has 2 N–H and O–H groups in total. The number of aryl methyl sites for hydroxylation is 2. The van der Waals surface area contributed by atoms with Gasteiger partial charge in [0.05, 0.1) is 18.0 Å². The van der Waals surface area contributed by atoms with Gasteiger partial charge in [-0.1, -0.05) is 6.07 Å². The van der Waals surface area contributed by atoms with Crippen molar-refractivity contribution in [1.29, 1.82) is 0 Å². The highest BCUT2D eigenvalue weighted by atomic mass is 19.1. The van der Waals surface area contributed by atoms with E-state index in [4.69, 9.17) is 4.52 Å². The first-order valence-electron chi connectivity index (χ1n) is 12.5. The lowest BCUT2D eigenvalue weighted by Gasteiger charge is -2.14. The van der Waals surface area contributed by atoms with Crippen LogP contribution in [0.3, 0.4) is 0 Å². The molecule has 0 fully saturated rings. The summed E-state index contributed by atoms with van der Waals surface area (Å²) < 4.78 is 18.4. The lowest BCUT2D eigenvalue weighted by Crippen LogP contribution is -2.27. The van der Waals surface area contributed by atoms with E-state index >= 15 is 0 Å². The molecule has 5 heterocycles. The van der Waals surface area contributed by atoms with Gasteiger partial charge in [0.25, 0.3) is 17.7 Å². The molecule has 41 heavy (non-hydrogen) atoms. The van der Waals surface area contributed by atoms with Crippen LogP contribution in [0.2, 0.25) is 0 Å². The second-order valence-corrected chi connectivity index (χ2v) is 9.06. The smallest absolute Gasteiger partial charge is 0.270 e. The molecule has 0 aliphatic rings. The molecular formula is C28H25FN10O2. The zero-order chi connectivity index (χ0) is 28.9. The SMILES string of the molecule is C/N=C\c1nc(Nc2cc(C)nc(-c3ccc(C(=O)NC(C)c4ccc(-c5ccc(F)nc5C)nc4)nc3)n2)no1. The Morgan fingerprint density at radius 2 is 1.88 bits per heavy atom. The van der Waals surface area contributed by atoms with Crippen LogP contribution >= 0.6 is 0 Å². The molecule has 0 spiro atoms. The first kappa shape index (κ1) is 27.1. The lowest BCUT2D eigenvalue weighted by atomic mass is 10.1. The number of carbonyl (C=O) groups excluding carboxylic acids is 1. The van der Waals surface area contributed by atoms with Gasteiger partial charge in [0, 0.05) is 48.0 Å². The van der Waals surface area contributed by atoms with Gasteiger partial charge in [0.1, 0.15) is 11.5 Å². The Morgan fingerprint density at radius 3 is 2.59 bits per heavy atom. The minimum atomic E-state index is -0.536. The van der Waals surface area contributed by atoms with E-state index in [1.54, 1.807) is 44.4 Å². The van der Waals surface area contributed by atoms with Crippen LogP contribution in [0.25, 0.3) is 22.6 Å². The molecule has 5 aromatic rings. The van der Waals surface area contributed by atoms with Crippen molar-refractivity contribution in [1.82, 2.24) is 40.4 Å². The van der Waals surface area contributed by atoms with Crippen LogP contribution in [-0.4, -0.2) is 54.2 Å². The number of carbonyl (C=O) groups is 1. The molecule has 5 aromatic heterocycles. The number of halogens is 1. The third-order valence-corrected chi connectivity index (χ3v) is 5.99. The molecule has 0 saturated carbocycles. The van der Waals surface area contributed by atoms with Crippen molar-refractivity contribution in [3.8, 4) is 22.6 Å². The van der Waals surface area contributed by atoms with E-state index in [1.807, 2.05) is 26.0 Å². The number of nitrogens with one attached hydrogen (secondary N) is 2. The number of amides is 1. The Balaban J connectivity index is 1.25. The number of aliphatic imine (C=N–C) groups is 1. The van der Waals surface area contributed by atoms with Gasteiger partial charge in [-0.15, -0.1) is 0 Å². The Bertz CT molecular complexity index is 1720. The van der Waals surface area contributed by atoms with Gasteiger partial charge < -0.3 is 15.2 Å². The molecule has 0 aromatic carbocycles. The average Bonchev–Trinajstić information content (AvgIpc) is 3.39. The third kappa shape index (κ3) is 6.41. The van der Waals surface area contributed by atoms with E-state index in [2.05, 4.69) is 50.7 Å². The van der Waals surface area contributed by atoms with Crippen molar-refractivity contribution in [2.24, 2.45) is 4.99 Å². The molecule has 5 rings (SSSR count).